The fourth-order valence-electron chi connectivity index (χ4n) is 2.12. The molecule has 6 nitrogen and oxygen atoms in total. The van der Waals surface area contributed by atoms with Crippen LogP contribution in [0.3, 0.4) is 0 Å². The summed E-state index contributed by atoms with van der Waals surface area (Å²) in [6, 6.07) is 9.37. The Morgan fingerprint density at radius 2 is 2.09 bits per heavy atom. The molecule has 3 N–H and O–H groups in total. The summed E-state index contributed by atoms with van der Waals surface area (Å²) in [7, 11) is 0. The molecule has 118 valence electrons. The van der Waals surface area contributed by atoms with E-state index >= 15 is 0 Å². The third kappa shape index (κ3) is 4.08. The predicted molar refractivity (Wildman–Crippen MR) is 86.1 cm³/mol. The van der Waals surface area contributed by atoms with Crippen molar-refractivity contribution in [3.05, 3.63) is 42.7 Å². The molecular weight excluding hydrogens is 280 g/mol. The van der Waals surface area contributed by atoms with Crippen molar-refractivity contribution in [3.63, 3.8) is 0 Å². The second kappa shape index (κ2) is 7.09. The number of urea groups is 1. The number of nitrogens with one attached hydrogen (secondary N) is 2. The summed E-state index contributed by atoms with van der Waals surface area (Å²) in [4.78, 5) is 12.1. The van der Waals surface area contributed by atoms with Gasteiger partial charge in [-0.15, -0.1) is 0 Å². The minimum absolute atomic E-state index is 0.0383. The Labute approximate surface area is 130 Å². The first-order valence-corrected chi connectivity index (χ1v) is 7.36. The maximum Gasteiger partial charge on any atom is 0.319 e. The summed E-state index contributed by atoms with van der Waals surface area (Å²) < 4.78 is 1.70. The Bertz CT molecular complexity index is 612. The number of aliphatic hydroxyl groups is 1. The largest absolute Gasteiger partial charge is 0.396 e. The Hall–Kier alpha value is -2.34. The lowest BCUT2D eigenvalue weighted by molar-refractivity contribution is 0.208. The van der Waals surface area contributed by atoms with E-state index in [0.29, 0.717) is 12.1 Å². The number of anilines is 1. The second-order valence-electron chi connectivity index (χ2n) is 5.48. The van der Waals surface area contributed by atoms with E-state index in [1.165, 1.54) is 0 Å². The van der Waals surface area contributed by atoms with Crippen molar-refractivity contribution in [2.24, 2.45) is 0 Å². The maximum absolute atomic E-state index is 12.1. The first kappa shape index (κ1) is 16.0. The third-order valence-electron chi connectivity index (χ3n) is 3.72. The Morgan fingerprint density at radius 3 is 2.73 bits per heavy atom. The number of rotatable bonds is 6. The van der Waals surface area contributed by atoms with E-state index in [4.69, 9.17) is 5.11 Å². The van der Waals surface area contributed by atoms with Crippen LogP contribution in [0.5, 0.6) is 0 Å². The lowest BCUT2D eigenvalue weighted by atomic mass is 9.95. The average molecular weight is 302 g/mol. The number of benzene rings is 1. The normalized spacial score (nSPS) is 13.4. The zero-order valence-corrected chi connectivity index (χ0v) is 12.9. The number of aromatic nitrogens is 2. The molecule has 22 heavy (non-hydrogen) atoms. The van der Waals surface area contributed by atoms with Gasteiger partial charge in [0.2, 0.25) is 0 Å². The summed E-state index contributed by atoms with van der Waals surface area (Å²) in [5, 5.41) is 19.0. The van der Waals surface area contributed by atoms with Crippen LogP contribution in [0.1, 0.15) is 26.7 Å². The van der Waals surface area contributed by atoms with E-state index in [1.807, 2.05) is 44.2 Å². The second-order valence-corrected chi connectivity index (χ2v) is 5.48. The minimum atomic E-state index is -0.422. The van der Waals surface area contributed by atoms with E-state index in [1.54, 1.807) is 17.1 Å². The van der Waals surface area contributed by atoms with Gasteiger partial charge in [-0.3, -0.25) is 0 Å². The van der Waals surface area contributed by atoms with Crippen molar-refractivity contribution < 1.29 is 9.90 Å². The van der Waals surface area contributed by atoms with Crippen LogP contribution in [-0.2, 0) is 0 Å². The molecule has 1 unspecified atom stereocenters. The van der Waals surface area contributed by atoms with E-state index in [0.717, 1.165) is 12.1 Å². The fraction of sp³-hybridized carbons (Fsp3) is 0.375. The molecule has 0 bridgehead atoms. The van der Waals surface area contributed by atoms with E-state index in [9.17, 15) is 4.79 Å². The highest BCUT2D eigenvalue weighted by molar-refractivity contribution is 5.89. The number of nitrogens with zero attached hydrogens (tertiary/aromatic N) is 2. The number of hydrogen-bond donors (Lipinski definition) is 3. The van der Waals surface area contributed by atoms with Crippen molar-refractivity contribution >= 4 is 11.7 Å². The van der Waals surface area contributed by atoms with Crippen LogP contribution in [0.25, 0.3) is 5.69 Å². The number of aliphatic hydroxyl groups excluding tert-OH is 1. The Balaban J connectivity index is 1.99. The van der Waals surface area contributed by atoms with Gasteiger partial charge in [-0.05, 0) is 31.9 Å². The van der Waals surface area contributed by atoms with Gasteiger partial charge < -0.3 is 15.7 Å². The average Bonchev–Trinajstić information content (AvgIpc) is 2.96. The molecule has 0 aliphatic carbocycles. The summed E-state index contributed by atoms with van der Waals surface area (Å²) in [6.45, 7) is 3.93. The van der Waals surface area contributed by atoms with Crippen LogP contribution < -0.4 is 10.6 Å². The van der Waals surface area contributed by atoms with Crippen LogP contribution in [0.4, 0.5) is 10.5 Å². The number of amides is 2. The van der Waals surface area contributed by atoms with Gasteiger partial charge in [0.05, 0.1) is 23.8 Å². The van der Waals surface area contributed by atoms with Crippen LogP contribution in [-0.4, -0.2) is 33.1 Å². The molecule has 0 spiro atoms. The molecule has 0 radical (unpaired) electrons. The monoisotopic (exact) mass is 302 g/mol. The Kier molecular flexibility index (Phi) is 5.16. The van der Waals surface area contributed by atoms with Crippen LogP contribution in [0.2, 0.25) is 0 Å². The quantitative estimate of drug-likeness (QED) is 0.767. The van der Waals surface area contributed by atoms with Gasteiger partial charge in [0, 0.05) is 12.1 Å². The zero-order valence-electron chi connectivity index (χ0n) is 12.9. The highest BCUT2D eigenvalue weighted by Gasteiger charge is 2.23. The topological polar surface area (TPSA) is 79.2 Å². The molecule has 2 aromatic rings. The smallest absolute Gasteiger partial charge is 0.319 e. The lowest BCUT2D eigenvalue weighted by Gasteiger charge is -2.28. The van der Waals surface area contributed by atoms with Crippen molar-refractivity contribution in [3.8, 4) is 5.69 Å². The number of carbonyl (C=O) groups excluding carboxylic acids is 1. The molecule has 0 saturated carbocycles. The number of hydrogen-bond acceptors (Lipinski definition) is 3. The number of carbonyl (C=O) groups is 1. The molecule has 2 rings (SSSR count). The highest BCUT2D eigenvalue weighted by atomic mass is 16.3. The summed E-state index contributed by atoms with van der Waals surface area (Å²) in [5.41, 5.74) is 1.12. The lowest BCUT2D eigenvalue weighted by Crippen LogP contribution is -2.48. The first-order valence-electron chi connectivity index (χ1n) is 7.36. The molecule has 1 atom stereocenters. The van der Waals surface area contributed by atoms with Crippen molar-refractivity contribution in [1.82, 2.24) is 15.1 Å². The Morgan fingerprint density at radius 1 is 1.36 bits per heavy atom. The standard InChI is InChI=1S/C16H22N4O2/c1-3-16(2,9-10-21)19-15(22)18-13-11-17-20(12-13)14-7-5-4-6-8-14/h4-8,11-12,21H,3,9-10H2,1-2H3,(H2,18,19,22). The van der Waals surface area contributed by atoms with Gasteiger partial charge in [-0.2, -0.15) is 5.10 Å². The molecule has 0 aliphatic rings. The van der Waals surface area contributed by atoms with E-state index < -0.39 is 5.54 Å². The predicted octanol–water partition coefficient (Wildman–Crippen LogP) is 2.54. The first-order chi connectivity index (χ1) is 10.6. The van der Waals surface area contributed by atoms with Gasteiger partial charge in [0.25, 0.3) is 0 Å². The molecule has 0 fully saturated rings. The van der Waals surface area contributed by atoms with Crippen LogP contribution in [0, 0.1) is 0 Å². The maximum atomic E-state index is 12.1. The van der Waals surface area contributed by atoms with Crippen molar-refractivity contribution in [2.45, 2.75) is 32.2 Å². The molecule has 0 saturated heterocycles. The van der Waals surface area contributed by atoms with Gasteiger partial charge in [-0.1, -0.05) is 25.1 Å². The van der Waals surface area contributed by atoms with E-state index in [-0.39, 0.29) is 12.6 Å². The third-order valence-corrected chi connectivity index (χ3v) is 3.72. The van der Waals surface area contributed by atoms with Gasteiger partial charge in [-0.25, -0.2) is 9.48 Å². The summed E-state index contributed by atoms with van der Waals surface area (Å²) in [5.74, 6) is 0. The summed E-state index contributed by atoms with van der Waals surface area (Å²) in [6.07, 6.45) is 4.61. The summed E-state index contributed by atoms with van der Waals surface area (Å²) >= 11 is 0. The molecule has 1 heterocycles. The molecule has 1 aromatic heterocycles. The van der Waals surface area contributed by atoms with Crippen molar-refractivity contribution in [1.29, 1.82) is 0 Å². The van der Waals surface area contributed by atoms with Crippen LogP contribution >= 0.6 is 0 Å². The number of para-hydroxylation sites is 1. The van der Waals surface area contributed by atoms with E-state index in [2.05, 4.69) is 15.7 Å². The molecular formula is C16H22N4O2. The molecule has 1 aromatic carbocycles. The molecule has 6 heteroatoms. The fourth-order valence-corrected chi connectivity index (χ4v) is 2.12. The van der Waals surface area contributed by atoms with Gasteiger partial charge in [0.15, 0.2) is 0 Å². The van der Waals surface area contributed by atoms with Gasteiger partial charge in [0.1, 0.15) is 0 Å². The highest BCUT2D eigenvalue weighted by Crippen LogP contribution is 2.15. The van der Waals surface area contributed by atoms with Crippen molar-refractivity contribution in [2.75, 3.05) is 11.9 Å². The zero-order chi connectivity index (χ0) is 16.0. The minimum Gasteiger partial charge on any atom is -0.396 e. The molecule has 2 amide bonds. The molecule has 0 aliphatic heterocycles. The van der Waals surface area contributed by atoms with Gasteiger partial charge >= 0.3 is 6.03 Å². The van der Waals surface area contributed by atoms with Crippen LogP contribution in [0.15, 0.2) is 42.7 Å². The SMILES string of the molecule is CCC(C)(CCO)NC(=O)Nc1cnn(-c2ccccc2)c1.